The minimum absolute atomic E-state index is 0.711. The molecule has 1 nitrogen and oxygen atoms in total. The van der Waals surface area contributed by atoms with E-state index in [1.807, 2.05) is 0 Å². The molecule has 1 fully saturated rings. The van der Waals surface area contributed by atoms with Crippen LogP contribution < -0.4 is 5.32 Å². The lowest BCUT2D eigenvalue weighted by atomic mass is 9.75. The molecule has 1 aliphatic carbocycles. The van der Waals surface area contributed by atoms with Gasteiger partial charge in [-0.25, -0.2) is 0 Å². The van der Waals surface area contributed by atoms with Crippen LogP contribution >= 0.6 is 0 Å². The maximum atomic E-state index is 3.51. The van der Waals surface area contributed by atoms with Crippen LogP contribution in [0.1, 0.15) is 59.8 Å². The van der Waals surface area contributed by atoms with Gasteiger partial charge in [-0.2, -0.15) is 0 Å². The van der Waals surface area contributed by atoms with E-state index in [0.717, 1.165) is 24.3 Å². The van der Waals surface area contributed by atoms with Gasteiger partial charge >= 0.3 is 0 Å². The van der Waals surface area contributed by atoms with Crippen molar-refractivity contribution in [1.82, 2.24) is 5.32 Å². The van der Waals surface area contributed by atoms with E-state index >= 15 is 0 Å². The summed E-state index contributed by atoms with van der Waals surface area (Å²) in [5.41, 5.74) is 0. The van der Waals surface area contributed by atoms with Crippen molar-refractivity contribution in [2.45, 2.75) is 65.8 Å². The molecule has 0 aromatic carbocycles. The van der Waals surface area contributed by atoms with Gasteiger partial charge in [0.15, 0.2) is 0 Å². The zero-order valence-electron chi connectivity index (χ0n) is 11.1. The molecule has 15 heavy (non-hydrogen) atoms. The average Bonchev–Trinajstić information content (AvgIpc) is 2.14. The summed E-state index contributed by atoms with van der Waals surface area (Å²) in [6, 6.07) is 0.711. The van der Waals surface area contributed by atoms with Gasteiger partial charge in [-0.1, -0.05) is 20.8 Å². The molecule has 3 atom stereocenters. The Morgan fingerprint density at radius 2 is 1.73 bits per heavy atom. The van der Waals surface area contributed by atoms with Gasteiger partial charge in [0, 0.05) is 6.04 Å². The Morgan fingerprint density at radius 1 is 1.13 bits per heavy atom. The third kappa shape index (κ3) is 5.01. The highest BCUT2D eigenvalue weighted by atomic mass is 14.9. The van der Waals surface area contributed by atoms with Gasteiger partial charge in [-0.05, 0) is 63.3 Å². The molecule has 90 valence electrons. The van der Waals surface area contributed by atoms with Crippen molar-refractivity contribution in [2.75, 3.05) is 6.54 Å². The van der Waals surface area contributed by atoms with Crippen molar-refractivity contribution in [2.24, 2.45) is 17.8 Å². The van der Waals surface area contributed by atoms with Crippen LogP contribution in [0.4, 0.5) is 0 Å². The number of rotatable bonds is 5. The summed E-state index contributed by atoms with van der Waals surface area (Å²) in [6.45, 7) is 10.5. The zero-order valence-corrected chi connectivity index (χ0v) is 11.1. The van der Waals surface area contributed by atoms with Crippen LogP contribution in [0.3, 0.4) is 0 Å². The van der Waals surface area contributed by atoms with Gasteiger partial charge < -0.3 is 5.32 Å². The van der Waals surface area contributed by atoms with Gasteiger partial charge in [-0.15, -0.1) is 0 Å². The van der Waals surface area contributed by atoms with Crippen molar-refractivity contribution in [3.05, 3.63) is 0 Å². The summed E-state index contributed by atoms with van der Waals surface area (Å²) in [4.78, 5) is 0. The van der Waals surface area contributed by atoms with Crippen molar-refractivity contribution < 1.29 is 0 Å². The van der Waals surface area contributed by atoms with Crippen LogP contribution in [0.5, 0.6) is 0 Å². The van der Waals surface area contributed by atoms with Crippen LogP contribution in [-0.4, -0.2) is 12.6 Å². The normalized spacial score (nSPS) is 34.0. The first-order valence-corrected chi connectivity index (χ1v) is 6.85. The highest BCUT2D eigenvalue weighted by Gasteiger charge is 2.23. The first kappa shape index (κ1) is 13.0. The summed E-state index contributed by atoms with van der Waals surface area (Å²) < 4.78 is 0. The highest BCUT2D eigenvalue weighted by Crippen LogP contribution is 2.35. The number of hydrogen-bond donors (Lipinski definition) is 1. The quantitative estimate of drug-likeness (QED) is 0.728. The Bertz CT molecular complexity index is 157. The molecule has 0 spiro atoms. The maximum Gasteiger partial charge on any atom is 0.00387 e. The molecule has 1 aliphatic rings. The van der Waals surface area contributed by atoms with E-state index < -0.39 is 0 Å². The van der Waals surface area contributed by atoms with E-state index in [1.54, 1.807) is 0 Å². The first-order chi connectivity index (χ1) is 7.11. The SMILES string of the molecule is CCNC(C)CCC1CC(C)CC(C)C1. The van der Waals surface area contributed by atoms with Crippen molar-refractivity contribution >= 4 is 0 Å². The topological polar surface area (TPSA) is 12.0 Å². The van der Waals surface area contributed by atoms with Crippen LogP contribution in [-0.2, 0) is 0 Å². The van der Waals surface area contributed by atoms with Crippen LogP contribution in [0.25, 0.3) is 0 Å². The summed E-state index contributed by atoms with van der Waals surface area (Å²) in [5, 5.41) is 3.51. The third-order valence-corrected chi connectivity index (χ3v) is 3.84. The summed E-state index contributed by atoms with van der Waals surface area (Å²) >= 11 is 0. The fourth-order valence-electron chi connectivity index (χ4n) is 3.29. The second-order valence-electron chi connectivity index (χ2n) is 5.82. The summed E-state index contributed by atoms with van der Waals surface area (Å²) in [5.74, 6) is 2.94. The monoisotopic (exact) mass is 211 g/mol. The van der Waals surface area contributed by atoms with Gasteiger partial charge in [-0.3, -0.25) is 0 Å². The molecule has 0 heterocycles. The molecule has 0 amide bonds. The molecule has 1 saturated carbocycles. The molecule has 0 bridgehead atoms. The number of nitrogens with one attached hydrogen (secondary N) is 1. The smallest absolute Gasteiger partial charge is 0.00387 e. The minimum atomic E-state index is 0.711. The fourth-order valence-corrected chi connectivity index (χ4v) is 3.29. The second kappa shape index (κ2) is 6.52. The zero-order chi connectivity index (χ0) is 11.3. The fraction of sp³-hybridized carbons (Fsp3) is 1.00. The molecule has 3 unspecified atom stereocenters. The highest BCUT2D eigenvalue weighted by molar-refractivity contribution is 4.76. The van der Waals surface area contributed by atoms with Crippen LogP contribution in [0.15, 0.2) is 0 Å². The van der Waals surface area contributed by atoms with E-state index in [2.05, 4.69) is 33.0 Å². The Balaban J connectivity index is 2.20. The van der Waals surface area contributed by atoms with Gasteiger partial charge in [0.1, 0.15) is 0 Å². The second-order valence-corrected chi connectivity index (χ2v) is 5.82. The predicted molar refractivity (Wildman–Crippen MR) is 68.0 cm³/mol. The molecule has 0 saturated heterocycles. The van der Waals surface area contributed by atoms with E-state index in [-0.39, 0.29) is 0 Å². The minimum Gasteiger partial charge on any atom is -0.315 e. The predicted octanol–water partition coefficient (Wildman–Crippen LogP) is 3.84. The van der Waals surface area contributed by atoms with Gasteiger partial charge in [0.25, 0.3) is 0 Å². The first-order valence-electron chi connectivity index (χ1n) is 6.85. The molecule has 0 aliphatic heterocycles. The summed E-state index contributed by atoms with van der Waals surface area (Å²) in [6.07, 6.45) is 7.20. The van der Waals surface area contributed by atoms with Crippen LogP contribution in [0.2, 0.25) is 0 Å². The standard InChI is InChI=1S/C14H29N/c1-5-15-13(4)6-7-14-9-11(2)8-12(3)10-14/h11-15H,5-10H2,1-4H3. The lowest BCUT2D eigenvalue weighted by Crippen LogP contribution is -2.27. The molecule has 1 heteroatoms. The van der Waals surface area contributed by atoms with Crippen molar-refractivity contribution in [3.63, 3.8) is 0 Å². The average molecular weight is 211 g/mol. The molecular formula is C14H29N. The lowest BCUT2D eigenvalue weighted by molar-refractivity contribution is 0.203. The van der Waals surface area contributed by atoms with E-state index in [4.69, 9.17) is 0 Å². The largest absolute Gasteiger partial charge is 0.315 e. The van der Waals surface area contributed by atoms with Crippen molar-refractivity contribution in [3.8, 4) is 0 Å². The van der Waals surface area contributed by atoms with Crippen LogP contribution in [0, 0.1) is 17.8 Å². The van der Waals surface area contributed by atoms with Gasteiger partial charge in [0.2, 0.25) is 0 Å². The Kier molecular flexibility index (Phi) is 5.66. The Labute approximate surface area is 96.0 Å². The van der Waals surface area contributed by atoms with E-state index in [0.29, 0.717) is 6.04 Å². The Hall–Kier alpha value is -0.0400. The summed E-state index contributed by atoms with van der Waals surface area (Å²) in [7, 11) is 0. The Morgan fingerprint density at radius 3 is 2.27 bits per heavy atom. The molecule has 0 aromatic rings. The maximum absolute atomic E-state index is 3.51. The lowest BCUT2D eigenvalue weighted by Gasteiger charge is -2.32. The van der Waals surface area contributed by atoms with Crippen molar-refractivity contribution in [1.29, 1.82) is 0 Å². The molecule has 0 aromatic heterocycles. The van der Waals surface area contributed by atoms with E-state index in [1.165, 1.54) is 32.1 Å². The molecule has 0 radical (unpaired) electrons. The molecule has 1 rings (SSSR count). The number of hydrogen-bond acceptors (Lipinski definition) is 1. The third-order valence-electron chi connectivity index (χ3n) is 3.84. The molecular weight excluding hydrogens is 182 g/mol. The van der Waals surface area contributed by atoms with Gasteiger partial charge in [0.05, 0.1) is 0 Å². The molecule has 1 N–H and O–H groups in total. The van der Waals surface area contributed by atoms with E-state index in [9.17, 15) is 0 Å².